The summed E-state index contributed by atoms with van der Waals surface area (Å²) in [6.07, 6.45) is 3.00. The van der Waals surface area contributed by atoms with Crippen LogP contribution < -0.4 is 11.5 Å². The van der Waals surface area contributed by atoms with Crippen molar-refractivity contribution in [1.82, 2.24) is 0 Å². The van der Waals surface area contributed by atoms with Crippen LogP contribution in [0.3, 0.4) is 0 Å². The van der Waals surface area contributed by atoms with E-state index in [-0.39, 0.29) is 6.04 Å². The predicted molar refractivity (Wildman–Crippen MR) is 40.8 cm³/mol. The fraction of sp³-hybridized carbons (Fsp3) is 0.857. The Balaban J connectivity index is 3.16. The van der Waals surface area contributed by atoms with Crippen LogP contribution in [0.5, 0.6) is 0 Å². The first-order valence-electron chi connectivity index (χ1n) is 3.47. The lowest BCUT2D eigenvalue weighted by Crippen LogP contribution is -2.27. The van der Waals surface area contributed by atoms with E-state index in [1.807, 2.05) is 0 Å². The Morgan fingerprint density at radius 3 is 2.33 bits per heavy atom. The summed E-state index contributed by atoms with van der Waals surface area (Å²) in [6.45, 7) is 4.93. The zero-order valence-corrected chi connectivity index (χ0v) is 6.30. The molecule has 0 aromatic heterocycles. The molecule has 0 bridgehead atoms. The highest BCUT2D eigenvalue weighted by Crippen LogP contribution is 2.02. The van der Waals surface area contributed by atoms with Crippen LogP contribution >= 0.6 is 0 Å². The summed E-state index contributed by atoms with van der Waals surface area (Å²) in [5.41, 5.74) is 11.0. The van der Waals surface area contributed by atoms with Gasteiger partial charge in [0.05, 0.1) is 0 Å². The Kier molecular flexibility index (Phi) is 4.72. The normalized spacial score (nSPS) is 14.3. The van der Waals surface area contributed by atoms with Crippen LogP contribution in [0.2, 0.25) is 0 Å². The lowest BCUT2D eigenvalue weighted by atomic mass is 10.0. The first-order chi connectivity index (χ1) is 4.18. The highest BCUT2D eigenvalue weighted by atomic mass is 14.6. The van der Waals surface area contributed by atoms with Crippen molar-refractivity contribution in [2.45, 2.75) is 26.3 Å². The number of hydrogen-bond acceptors (Lipinski definition) is 2. The quantitative estimate of drug-likeness (QED) is 0.581. The summed E-state index contributed by atoms with van der Waals surface area (Å²) in [4.78, 5) is 0. The van der Waals surface area contributed by atoms with Crippen LogP contribution in [-0.4, -0.2) is 12.6 Å². The van der Waals surface area contributed by atoms with Crippen molar-refractivity contribution in [1.29, 1.82) is 0 Å². The predicted octanol–water partition coefficient (Wildman–Crippen LogP) is 0.523. The van der Waals surface area contributed by atoms with E-state index in [2.05, 4.69) is 20.3 Å². The summed E-state index contributed by atoms with van der Waals surface area (Å²) in [5, 5.41) is 0. The van der Waals surface area contributed by atoms with E-state index < -0.39 is 0 Å². The summed E-state index contributed by atoms with van der Waals surface area (Å²) in [5.74, 6) is 0.538. The second-order valence-corrected chi connectivity index (χ2v) is 2.63. The highest BCUT2D eigenvalue weighted by Gasteiger charge is 2.05. The van der Waals surface area contributed by atoms with E-state index in [0.717, 1.165) is 6.42 Å². The fourth-order valence-corrected chi connectivity index (χ4v) is 0.561. The van der Waals surface area contributed by atoms with Crippen LogP contribution in [0.4, 0.5) is 0 Å². The Morgan fingerprint density at radius 2 is 2.00 bits per heavy atom. The standard InChI is InChI=1S/C7H17N2/c1-6(2)7(9)4-3-5-8/h4,6-7H,3,5,8-9H2,1-2H3. The molecule has 4 N–H and O–H groups in total. The summed E-state index contributed by atoms with van der Waals surface area (Å²) < 4.78 is 0. The second-order valence-electron chi connectivity index (χ2n) is 2.63. The van der Waals surface area contributed by atoms with E-state index in [1.54, 1.807) is 0 Å². The minimum atomic E-state index is 0.216. The van der Waals surface area contributed by atoms with Crippen molar-refractivity contribution < 1.29 is 0 Å². The number of rotatable bonds is 4. The van der Waals surface area contributed by atoms with Crippen molar-refractivity contribution in [3.8, 4) is 0 Å². The Morgan fingerprint density at radius 1 is 1.44 bits per heavy atom. The molecule has 1 atom stereocenters. The fourth-order valence-electron chi connectivity index (χ4n) is 0.561. The topological polar surface area (TPSA) is 52.0 Å². The maximum atomic E-state index is 5.69. The third-order valence-electron chi connectivity index (χ3n) is 1.38. The van der Waals surface area contributed by atoms with Crippen LogP contribution in [0.25, 0.3) is 0 Å². The summed E-state index contributed by atoms with van der Waals surface area (Å²) in [7, 11) is 0. The Labute approximate surface area is 57.6 Å². The van der Waals surface area contributed by atoms with E-state index in [0.29, 0.717) is 12.5 Å². The van der Waals surface area contributed by atoms with Gasteiger partial charge in [-0.05, 0) is 25.3 Å². The molecule has 0 aliphatic rings. The SMILES string of the molecule is CC(C)C(N)[CH]CCN. The molecule has 55 valence electrons. The van der Waals surface area contributed by atoms with Crippen LogP contribution in [0.1, 0.15) is 20.3 Å². The molecule has 0 rings (SSSR count). The molecule has 2 heteroatoms. The number of nitrogens with two attached hydrogens (primary N) is 2. The first kappa shape index (κ1) is 8.92. The minimum absolute atomic E-state index is 0.216. The van der Waals surface area contributed by atoms with Crippen molar-refractivity contribution in [3.05, 3.63) is 6.42 Å². The van der Waals surface area contributed by atoms with E-state index in [1.165, 1.54) is 0 Å². The van der Waals surface area contributed by atoms with Gasteiger partial charge in [0.2, 0.25) is 0 Å². The van der Waals surface area contributed by atoms with Gasteiger partial charge in [0.15, 0.2) is 0 Å². The monoisotopic (exact) mass is 129 g/mol. The molecule has 2 nitrogen and oxygen atoms in total. The zero-order chi connectivity index (χ0) is 7.28. The van der Waals surface area contributed by atoms with Crippen molar-refractivity contribution in [3.63, 3.8) is 0 Å². The maximum Gasteiger partial charge on any atom is 0.00940 e. The molecule has 0 spiro atoms. The van der Waals surface area contributed by atoms with E-state index in [4.69, 9.17) is 11.5 Å². The van der Waals surface area contributed by atoms with Crippen molar-refractivity contribution >= 4 is 0 Å². The molecule has 0 amide bonds. The van der Waals surface area contributed by atoms with Gasteiger partial charge in [0.1, 0.15) is 0 Å². The van der Waals surface area contributed by atoms with Crippen LogP contribution in [0.15, 0.2) is 0 Å². The lowest BCUT2D eigenvalue weighted by molar-refractivity contribution is 0.530. The molecule has 0 saturated carbocycles. The molecule has 9 heavy (non-hydrogen) atoms. The molecular weight excluding hydrogens is 112 g/mol. The van der Waals surface area contributed by atoms with Crippen molar-refractivity contribution in [2.75, 3.05) is 6.54 Å². The molecule has 0 saturated heterocycles. The number of hydrogen-bond donors (Lipinski definition) is 2. The maximum absolute atomic E-state index is 5.69. The molecule has 1 unspecified atom stereocenters. The molecule has 0 heterocycles. The van der Waals surface area contributed by atoms with E-state index >= 15 is 0 Å². The molecular formula is C7H17N2. The Hall–Kier alpha value is -0.0800. The third-order valence-corrected chi connectivity index (χ3v) is 1.38. The van der Waals surface area contributed by atoms with Crippen molar-refractivity contribution in [2.24, 2.45) is 17.4 Å². The minimum Gasteiger partial charge on any atom is -0.330 e. The van der Waals surface area contributed by atoms with Crippen LogP contribution in [-0.2, 0) is 0 Å². The van der Waals surface area contributed by atoms with Gasteiger partial charge in [-0.2, -0.15) is 0 Å². The molecule has 0 aromatic carbocycles. The molecule has 0 aliphatic heterocycles. The summed E-state index contributed by atoms with van der Waals surface area (Å²) in [6, 6.07) is 0.216. The average molecular weight is 129 g/mol. The average Bonchev–Trinajstić information content (AvgIpc) is 1.82. The largest absolute Gasteiger partial charge is 0.330 e. The smallest absolute Gasteiger partial charge is 0.00940 e. The van der Waals surface area contributed by atoms with E-state index in [9.17, 15) is 0 Å². The van der Waals surface area contributed by atoms with Gasteiger partial charge in [-0.25, -0.2) is 0 Å². The van der Waals surface area contributed by atoms with Crippen LogP contribution in [0, 0.1) is 12.3 Å². The molecule has 0 aromatic rings. The van der Waals surface area contributed by atoms with Gasteiger partial charge in [-0.3, -0.25) is 0 Å². The molecule has 1 radical (unpaired) electrons. The van der Waals surface area contributed by atoms with Gasteiger partial charge in [-0.1, -0.05) is 13.8 Å². The first-order valence-corrected chi connectivity index (χ1v) is 3.47. The Bertz CT molecular complexity index is 61.9. The second kappa shape index (κ2) is 4.77. The van der Waals surface area contributed by atoms with Gasteiger partial charge in [-0.15, -0.1) is 0 Å². The van der Waals surface area contributed by atoms with Gasteiger partial charge >= 0.3 is 0 Å². The lowest BCUT2D eigenvalue weighted by Gasteiger charge is -2.13. The van der Waals surface area contributed by atoms with Gasteiger partial charge in [0.25, 0.3) is 0 Å². The van der Waals surface area contributed by atoms with Gasteiger partial charge < -0.3 is 11.5 Å². The highest BCUT2D eigenvalue weighted by molar-refractivity contribution is 4.81. The molecule has 0 aliphatic carbocycles. The molecule has 0 fully saturated rings. The third kappa shape index (κ3) is 4.43. The summed E-state index contributed by atoms with van der Waals surface area (Å²) >= 11 is 0. The van der Waals surface area contributed by atoms with Gasteiger partial charge in [0, 0.05) is 6.04 Å². The zero-order valence-electron chi connectivity index (χ0n) is 6.30.